The van der Waals surface area contributed by atoms with Crippen LogP contribution in [0.2, 0.25) is 0 Å². The van der Waals surface area contributed by atoms with Gasteiger partial charge in [-0.3, -0.25) is 4.79 Å². The summed E-state index contributed by atoms with van der Waals surface area (Å²) in [6.07, 6.45) is 6.42. The van der Waals surface area contributed by atoms with Crippen LogP contribution in [0.15, 0.2) is 0 Å². The highest BCUT2D eigenvalue weighted by molar-refractivity contribution is 5.81. The Labute approximate surface area is 122 Å². The van der Waals surface area contributed by atoms with E-state index in [-0.39, 0.29) is 11.9 Å². The molecule has 1 fully saturated rings. The first-order chi connectivity index (χ1) is 9.44. The van der Waals surface area contributed by atoms with Gasteiger partial charge in [-0.2, -0.15) is 0 Å². The molecule has 1 aliphatic carbocycles. The third-order valence-corrected chi connectivity index (χ3v) is 3.98. The Bertz CT molecular complexity index is 289. The molecule has 118 valence electrons. The zero-order chi connectivity index (χ0) is 15.0. The number of hydrogen-bond acceptors (Lipinski definition) is 4. The zero-order valence-corrected chi connectivity index (χ0v) is 13.1. The molecule has 0 aromatic heterocycles. The molecule has 1 saturated carbocycles. The van der Waals surface area contributed by atoms with E-state index >= 15 is 0 Å². The van der Waals surface area contributed by atoms with Crippen LogP contribution in [0.5, 0.6) is 0 Å². The Morgan fingerprint density at radius 2 is 2.05 bits per heavy atom. The van der Waals surface area contributed by atoms with Gasteiger partial charge in [0.2, 0.25) is 5.91 Å². The fourth-order valence-electron chi connectivity index (χ4n) is 2.45. The van der Waals surface area contributed by atoms with Gasteiger partial charge in [0.25, 0.3) is 0 Å². The van der Waals surface area contributed by atoms with E-state index in [4.69, 9.17) is 4.74 Å². The van der Waals surface area contributed by atoms with E-state index in [9.17, 15) is 9.90 Å². The number of hydrogen-bond donors (Lipinski definition) is 3. The number of carbonyl (C=O) groups is 1. The van der Waals surface area contributed by atoms with Crippen LogP contribution in [-0.2, 0) is 9.53 Å². The van der Waals surface area contributed by atoms with E-state index in [1.807, 2.05) is 6.92 Å². The van der Waals surface area contributed by atoms with E-state index in [1.165, 1.54) is 19.3 Å². The van der Waals surface area contributed by atoms with Crippen molar-refractivity contribution in [3.8, 4) is 0 Å². The van der Waals surface area contributed by atoms with Crippen LogP contribution in [-0.4, -0.2) is 49.0 Å². The van der Waals surface area contributed by atoms with E-state index in [0.717, 1.165) is 12.8 Å². The molecule has 0 aromatic rings. The fourth-order valence-corrected chi connectivity index (χ4v) is 2.45. The lowest BCUT2D eigenvalue weighted by atomic mass is 9.95. The lowest BCUT2D eigenvalue weighted by molar-refractivity contribution is -0.123. The van der Waals surface area contributed by atoms with Crippen LogP contribution in [0.1, 0.15) is 52.4 Å². The van der Waals surface area contributed by atoms with Crippen molar-refractivity contribution in [1.29, 1.82) is 0 Å². The summed E-state index contributed by atoms with van der Waals surface area (Å²) in [5.74, 6) is 0.0273. The largest absolute Gasteiger partial charge is 0.389 e. The van der Waals surface area contributed by atoms with Gasteiger partial charge >= 0.3 is 0 Å². The Balaban J connectivity index is 2.26. The van der Waals surface area contributed by atoms with E-state index in [2.05, 4.69) is 10.6 Å². The van der Waals surface area contributed by atoms with E-state index in [0.29, 0.717) is 25.6 Å². The maximum Gasteiger partial charge on any atom is 0.237 e. The van der Waals surface area contributed by atoms with Crippen LogP contribution in [0.4, 0.5) is 0 Å². The number of rotatable bonds is 8. The van der Waals surface area contributed by atoms with Crippen molar-refractivity contribution in [3.05, 3.63) is 0 Å². The number of methoxy groups -OCH3 is 1. The van der Waals surface area contributed by atoms with Gasteiger partial charge in [0, 0.05) is 32.7 Å². The molecule has 0 aliphatic heterocycles. The van der Waals surface area contributed by atoms with E-state index in [1.54, 1.807) is 14.0 Å². The van der Waals surface area contributed by atoms with Gasteiger partial charge in [0.05, 0.1) is 11.6 Å². The minimum atomic E-state index is -0.852. The molecule has 1 amide bonds. The normalized spacial score (nSPS) is 21.2. The molecule has 3 N–H and O–H groups in total. The van der Waals surface area contributed by atoms with Gasteiger partial charge in [0.15, 0.2) is 0 Å². The third kappa shape index (κ3) is 6.68. The first-order valence-corrected chi connectivity index (χ1v) is 7.70. The highest BCUT2D eigenvalue weighted by Crippen LogP contribution is 2.17. The summed E-state index contributed by atoms with van der Waals surface area (Å²) in [7, 11) is 1.61. The number of amides is 1. The van der Waals surface area contributed by atoms with Gasteiger partial charge in [-0.25, -0.2) is 0 Å². The van der Waals surface area contributed by atoms with Crippen molar-refractivity contribution in [1.82, 2.24) is 10.6 Å². The summed E-state index contributed by atoms with van der Waals surface area (Å²) in [6, 6.07) is 0.0421. The second-order valence-electron chi connectivity index (χ2n) is 6.19. The molecule has 0 heterocycles. The average molecular weight is 286 g/mol. The van der Waals surface area contributed by atoms with Crippen molar-refractivity contribution in [2.24, 2.45) is 0 Å². The SMILES string of the molecule is COCCC(C)(O)CNC(C)C(=O)NC1CCCCC1. The van der Waals surface area contributed by atoms with Crippen molar-refractivity contribution in [2.45, 2.75) is 70.1 Å². The van der Waals surface area contributed by atoms with Crippen LogP contribution >= 0.6 is 0 Å². The molecule has 2 unspecified atom stereocenters. The molecule has 2 atom stereocenters. The first-order valence-electron chi connectivity index (χ1n) is 7.70. The number of nitrogens with one attached hydrogen (secondary N) is 2. The first kappa shape index (κ1) is 17.4. The van der Waals surface area contributed by atoms with Gasteiger partial charge in [-0.15, -0.1) is 0 Å². The van der Waals surface area contributed by atoms with Crippen molar-refractivity contribution < 1.29 is 14.6 Å². The quantitative estimate of drug-likeness (QED) is 0.627. The Morgan fingerprint density at radius 3 is 2.65 bits per heavy atom. The Morgan fingerprint density at radius 1 is 1.40 bits per heavy atom. The van der Waals surface area contributed by atoms with E-state index < -0.39 is 5.60 Å². The minimum Gasteiger partial charge on any atom is -0.389 e. The maximum absolute atomic E-state index is 12.1. The minimum absolute atomic E-state index is 0.0273. The lowest BCUT2D eigenvalue weighted by Gasteiger charge is -2.27. The third-order valence-electron chi connectivity index (χ3n) is 3.98. The number of ether oxygens (including phenoxy) is 1. The second kappa shape index (κ2) is 8.60. The maximum atomic E-state index is 12.1. The van der Waals surface area contributed by atoms with Gasteiger partial charge in [-0.1, -0.05) is 19.3 Å². The number of aliphatic hydroxyl groups is 1. The van der Waals surface area contributed by atoms with Crippen LogP contribution in [0.3, 0.4) is 0 Å². The highest BCUT2D eigenvalue weighted by Gasteiger charge is 2.24. The average Bonchev–Trinajstić information content (AvgIpc) is 2.44. The molecular formula is C15H30N2O3. The van der Waals surface area contributed by atoms with Crippen LogP contribution in [0.25, 0.3) is 0 Å². The predicted octanol–water partition coefficient (Wildman–Crippen LogP) is 1.20. The molecule has 1 aliphatic rings. The summed E-state index contributed by atoms with van der Waals surface area (Å²) in [5.41, 5.74) is -0.852. The Kier molecular flexibility index (Phi) is 7.48. The fraction of sp³-hybridized carbons (Fsp3) is 0.933. The Hall–Kier alpha value is -0.650. The van der Waals surface area contributed by atoms with Crippen molar-refractivity contribution in [3.63, 3.8) is 0 Å². The molecule has 5 nitrogen and oxygen atoms in total. The summed E-state index contributed by atoms with van der Waals surface area (Å²) < 4.78 is 4.97. The standard InChI is InChI=1S/C15H30N2O3/c1-12(16-11-15(2,19)9-10-20-3)14(18)17-13-7-5-4-6-8-13/h12-13,16,19H,4-11H2,1-3H3,(H,17,18). The molecular weight excluding hydrogens is 256 g/mol. The van der Waals surface area contributed by atoms with Gasteiger partial charge < -0.3 is 20.5 Å². The summed E-state index contributed by atoms with van der Waals surface area (Å²) in [6.45, 7) is 4.49. The molecule has 0 spiro atoms. The second-order valence-corrected chi connectivity index (χ2v) is 6.19. The highest BCUT2D eigenvalue weighted by atomic mass is 16.5. The molecule has 20 heavy (non-hydrogen) atoms. The smallest absolute Gasteiger partial charge is 0.237 e. The summed E-state index contributed by atoms with van der Waals surface area (Å²) in [4.78, 5) is 12.1. The van der Waals surface area contributed by atoms with Crippen molar-refractivity contribution in [2.75, 3.05) is 20.3 Å². The van der Waals surface area contributed by atoms with Crippen LogP contribution < -0.4 is 10.6 Å². The number of carbonyl (C=O) groups excluding carboxylic acids is 1. The zero-order valence-electron chi connectivity index (χ0n) is 13.1. The molecule has 0 bridgehead atoms. The van der Waals surface area contributed by atoms with Gasteiger partial charge in [-0.05, 0) is 26.7 Å². The molecule has 1 rings (SSSR count). The summed E-state index contributed by atoms with van der Waals surface area (Å²) in [5, 5.41) is 16.3. The monoisotopic (exact) mass is 286 g/mol. The molecule has 0 aromatic carbocycles. The summed E-state index contributed by atoms with van der Waals surface area (Å²) >= 11 is 0. The van der Waals surface area contributed by atoms with Crippen molar-refractivity contribution >= 4 is 5.91 Å². The predicted molar refractivity (Wildman–Crippen MR) is 79.6 cm³/mol. The molecule has 0 saturated heterocycles. The van der Waals surface area contributed by atoms with Gasteiger partial charge in [0.1, 0.15) is 0 Å². The molecule has 5 heteroatoms. The van der Waals surface area contributed by atoms with Crippen LogP contribution in [0, 0.1) is 0 Å². The molecule has 0 radical (unpaired) electrons. The topological polar surface area (TPSA) is 70.6 Å². The lowest BCUT2D eigenvalue weighted by Crippen LogP contribution is -2.50.